The molecule has 0 spiro atoms. The summed E-state index contributed by atoms with van der Waals surface area (Å²) in [7, 11) is 1.68. The summed E-state index contributed by atoms with van der Waals surface area (Å²) in [5, 5.41) is 6.68. The molecule has 0 saturated carbocycles. The van der Waals surface area contributed by atoms with Crippen molar-refractivity contribution in [2.24, 2.45) is 4.99 Å². The van der Waals surface area contributed by atoms with Crippen LogP contribution < -0.4 is 15.4 Å². The highest BCUT2D eigenvalue weighted by Crippen LogP contribution is 2.33. The minimum absolute atomic E-state index is 0.415. The molecule has 1 heterocycles. The topological polar surface area (TPSA) is 64.1 Å². The van der Waals surface area contributed by atoms with Crippen LogP contribution in [-0.2, 0) is 9.47 Å². The van der Waals surface area contributed by atoms with Crippen LogP contribution in [-0.4, -0.2) is 59.1 Å². The van der Waals surface area contributed by atoms with Crippen molar-refractivity contribution in [1.29, 1.82) is 0 Å². The third-order valence-electron chi connectivity index (χ3n) is 4.09. The molecule has 1 aliphatic rings. The van der Waals surface area contributed by atoms with Crippen molar-refractivity contribution in [2.45, 2.75) is 25.7 Å². The van der Waals surface area contributed by atoms with E-state index in [1.54, 1.807) is 7.11 Å². The average Bonchev–Trinajstić information content (AvgIpc) is 2.65. The standard InChI is InChI=1S/C19H31N3O3/c1-3-20-19(21-10-6-11-24-14-13-23-2)22-15-16-9-12-25-18-8-5-4-7-17(16)18/h4-5,7-8,16H,3,6,9-15H2,1-2H3,(H2,20,21,22). The van der Waals surface area contributed by atoms with E-state index in [2.05, 4.69) is 29.7 Å². The molecular weight excluding hydrogens is 318 g/mol. The van der Waals surface area contributed by atoms with Gasteiger partial charge >= 0.3 is 0 Å². The van der Waals surface area contributed by atoms with Gasteiger partial charge in [-0.05, 0) is 31.4 Å². The highest BCUT2D eigenvalue weighted by atomic mass is 16.5. The fraction of sp³-hybridized carbons (Fsp3) is 0.632. The van der Waals surface area contributed by atoms with Gasteiger partial charge in [-0.2, -0.15) is 0 Å². The minimum Gasteiger partial charge on any atom is -0.493 e. The number of nitrogens with zero attached hydrogens (tertiary/aromatic N) is 1. The normalized spacial score (nSPS) is 16.9. The van der Waals surface area contributed by atoms with Crippen LogP contribution in [0.4, 0.5) is 0 Å². The van der Waals surface area contributed by atoms with E-state index in [-0.39, 0.29) is 0 Å². The molecule has 0 amide bonds. The molecule has 0 bridgehead atoms. The van der Waals surface area contributed by atoms with Crippen molar-refractivity contribution in [1.82, 2.24) is 10.6 Å². The zero-order valence-electron chi connectivity index (χ0n) is 15.4. The third-order valence-corrected chi connectivity index (χ3v) is 4.09. The number of nitrogens with one attached hydrogen (secondary N) is 2. The Morgan fingerprint density at radius 3 is 2.96 bits per heavy atom. The predicted molar refractivity (Wildman–Crippen MR) is 101 cm³/mol. The van der Waals surface area contributed by atoms with Crippen LogP contribution in [0.3, 0.4) is 0 Å². The number of benzene rings is 1. The SMILES string of the molecule is CCNC(=NCC1CCOc2ccccc21)NCCCOCCOC. The first kappa shape index (κ1) is 19.5. The highest BCUT2D eigenvalue weighted by molar-refractivity contribution is 5.79. The summed E-state index contributed by atoms with van der Waals surface area (Å²) in [6.07, 6.45) is 1.95. The van der Waals surface area contributed by atoms with Gasteiger partial charge in [0.05, 0.1) is 19.8 Å². The molecule has 25 heavy (non-hydrogen) atoms. The number of methoxy groups -OCH3 is 1. The summed E-state index contributed by atoms with van der Waals surface area (Å²) in [5.74, 6) is 2.28. The lowest BCUT2D eigenvalue weighted by molar-refractivity contribution is 0.0698. The second-order valence-corrected chi connectivity index (χ2v) is 5.98. The van der Waals surface area contributed by atoms with Crippen LogP contribution in [0.2, 0.25) is 0 Å². The monoisotopic (exact) mass is 349 g/mol. The van der Waals surface area contributed by atoms with Gasteiger partial charge in [0.25, 0.3) is 0 Å². The van der Waals surface area contributed by atoms with Crippen molar-refractivity contribution >= 4 is 5.96 Å². The van der Waals surface area contributed by atoms with Gasteiger partial charge in [0.1, 0.15) is 5.75 Å². The highest BCUT2D eigenvalue weighted by Gasteiger charge is 2.20. The molecule has 2 N–H and O–H groups in total. The second kappa shape index (κ2) is 11.7. The first-order chi connectivity index (χ1) is 12.3. The van der Waals surface area contributed by atoms with E-state index in [4.69, 9.17) is 19.2 Å². The maximum atomic E-state index is 5.73. The Morgan fingerprint density at radius 1 is 1.24 bits per heavy atom. The molecule has 6 heteroatoms. The Morgan fingerprint density at radius 2 is 2.12 bits per heavy atom. The van der Waals surface area contributed by atoms with Crippen LogP contribution in [0.1, 0.15) is 31.2 Å². The molecule has 1 aromatic carbocycles. The van der Waals surface area contributed by atoms with E-state index in [1.165, 1.54) is 5.56 Å². The lowest BCUT2D eigenvalue weighted by atomic mass is 9.93. The Hall–Kier alpha value is -1.79. The Bertz CT molecular complexity index is 522. The maximum absolute atomic E-state index is 5.73. The number of aliphatic imine (C=N–C) groups is 1. The molecule has 1 atom stereocenters. The summed E-state index contributed by atoms with van der Waals surface area (Å²) in [5.41, 5.74) is 1.26. The average molecular weight is 349 g/mol. The lowest BCUT2D eigenvalue weighted by Crippen LogP contribution is -2.38. The predicted octanol–water partition coefficient (Wildman–Crippen LogP) is 2.16. The van der Waals surface area contributed by atoms with Gasteiger partial charge in [-0.3, -0.25) is 4.99 Å². The summed E-state index contributed by atoms with van der Waals surface area (Å²) < 4.78 is 16.2. The van der Waals surface area contributed by atoms with Crippen molar-refractivity contribution in [3.8, 4) is 5.75 Å². The third kappa shape index (κ3) is 6.92. The smallest absolute Gasteiger partial charge is 0.191 e. The molecule has 1 aromatic rings. The van der Waals surface area contributed by atoms with Crippen LogP contribution in [0.25, 0.3) is 0 Å². The Balaban J connectivity index is 1.78. The Labute approximate surface area is 151 Å². The molecule has 0 saturated heterocycles. The quantitative estimate of drug-likeness (QED) is 0.385. The van der Waals surface area contributed by atoms with Crippen LogP contribution in [0.5, 0.6) is 5.75 Å². The number of ether oxygens (including phenoxy) is 3. The summed E-state index contributed by atoms with van der Waals surface area (Å²) in [4.78, 5) is 4.76. The maximum Gasteiger partial charge on any atom is 0.191 e. The van der Waals surface area contributed by atoms with E-state index in [0.29, 0.717) is 19.1 Å². The molecule has 0 radical (unpaired) electrons. The molecular formula is C19H31N3O3. The minimum atomic E-state index is 0.415. The first-order valence-electron chi connectivity index (χ1n) is 9.15. The molecule has 6 nitrogen and oxygen atoms in total. The number of hydrogen-bond acceptors (Lipinski definition) is 4. The zero-order valence-corrected chi connectivity index (χ0v) is 15.4. The first-order valence-corrected chi connectivity index (χ1v) is 9.15. The number of guanidine groups is 1. The Kier molecular flexibility index (Phi) is 9.15. The molecule has 0 fully saturated rings. The van der Waals surface area contributed by atoms with Gasteiger partial charge < -0.3 is 24.8 Å². The summed E-state index contributed by atoms with van der Waals surface area (Å²) >= 11 is 0. The number of hydrogen-bond donors (Lipinski definition) is 2. The van der Waals surface area contributed by atoms with Crippen molar-refractivity contribution in [2.75, 3.05) is 53.2 Å². The largest absolute Gasteiger partial charge is 0.493 e. The molecule has 1 unspecified atom stereocenters. The van der Waals surface area contributed by atoms with E-state index in [9.17, 15) is 0 Å². The zero-order chi connectivity index (χ0) is 17.7. The second-order valence-electron chi connectivity index (χ2n) is 5.98. The van der Waals surface area contributed by atoms with Crippen LogP contribution in [0.15, 0.2) is 29.3 Å². The van der Waals surface area contributed by atoms with Gasteiger partial charge in [-0.15, -0.1) is 0 Å². The number of fused-ring (bicyclic) bond motifs is 1. The van der Waals surface area contributed by atoms with Gasteiger partial charge in [0, 0.05) is 39.3 Å². The van der Waals surface area contributed by atoms with E-state index < -0.39 is 0 Å². The number of para-hydroxylation sites is 1. The molecule has 0 aromatic heterocycles. The fourth-order valence-corrected chi connectivity index (χ4v) is 2.77. The van der Waals surface area contributed by atoms with E-state index in [1.807, 2.05) is 12.1 Å². The molecule has 1 aliphatic heterocycles. The fourth-order valence-electron chi connectivity index (χ4n) is 2.77. The van der Waals surface area contributed by atoms with Gasteiger partial charge in [0.15, 0.2) is 5.96 Å². The number of rotatable bonds is 10. The molecule has 0 aliphatic carbocycles. The molecule has 140 valence electrons. The van der Waals surface area contributed by atoms with Gasteiger partial charge in [-0.1, -0.05) is 18.2 Å². The summed E-state index contributed by atoms with van der Waals surface area (Å²) in [6.45, 7) is 7.31. The van der Waals surface area contributed by atoms with Crippen LogP contribution >= 0.6 is 0 Å². The van der Waals surface area contributed by atoms with E-state index in [0.717, 1.165) is 57.4 Å². The summed E-state index contributed by atoms with van der Waals surface area (Å²) in [6, 6.07) is 8.27. The van der Waals surface area contributed by atoms with Crippen molar-refractivity contribution in [3.05, 3.63) is 29.8 Å². The van der Waals surface area contributed by atoms with Crippen molar-refractivity contribution in [3.63, 3.8) is 0 Å². The molecule has 2 rings (SSSR count). The van der Waals surface area contributed by atoms with Gasteiger partial charge in [0.2, 0.25) is 0 Å². The van der Waals surface area contributed by atoms with Gasteiger partial charge in [-0.25, -0.2) is 0 Å². The van der Waals surface area contributed by atoms with E-state index >= 15 is 0 Å². The lowest BCUT2D eigenvalue weighted by Gasteiger charge is -2.25. The van der Waals surface area contributed by atoms with Crippen LogP contribution in [0, 0.1) is 0 Å². The van der Waals surface area contributed by atoms with Crippen molar-refractivity contribution < 1.29 is 14.2 Å².